The Hall–Kier alpha value is -10.3. The van der Waals surface area contributed by atoms with Gasteiger partial charge in [0.2, 0.25) is 0 Å². The van der Waals surface area contributed by atoms with Crippen LogP contribution in [0.15, 0.2) is 309 Å². The van der Waals surface area contributed by atoms with Gasteiger partial charge in [-0.05, 0) is 164 Å². The summed E-state index contributed by atoms with van der Waals surface area (Å²) in [5, 5.41) is 7.51. The Labute approximate surface area is 474 Å². The first-order valence-corrected chi connectivity index (χ1v) is 28.6. The van der Waals surface area contributed by atoms with Crippen LogP contribution in [0.4, 0.5) is 34.1 Å². The maximum atomic E-state index is 2.46. The Bertz CT molecular complexity index is 4850. The third kappa shape index (κ3) is 7.56. The van der Waals surface area contributed by atoms with Crippen LogP contribution in [0.2, 0.25) is 0 Å². The molecule has 0 atom stereocenters. The van der Waals surface area contributed by atoms with Crippen LogP contribution in [0, 0.1) is 0 Å². The van der Waals surface area contributed by atoms with Crippen molar-refractivity contribution in [1.82, 2.24) is 4.57 Å². The molecule has 1 aliphatic carbocycles. The molecule has 0 aliphatic heterocycles. The van der Waals surface area contributed by atoms with Gasteiger partial charge in [-0.25, -0.2) is 0 Å². The quantitative estimate of drug-likeness (QED) is 0.135. The summed E-state index contributed by atoms with van der Waals surface area (Å²) >= 11 is 1.87. The van der Waals surface area contributed by atoms with Crippen LogP contribution in [-0.4, -0.2) is 4.57 Å². The number of anilines is 6. The van der Waals surface area contributed by atoms with Crippen molar-refractivity contribution in [2.75, 3.05) is 9.80 Å². The van der Waals surface area contributed by atoms with Crippen LogP contribution in [0.5, 0.6) is 0 Å². The Morgan fingerprint density at radius 2 is 0.815 bits per heavy atom. The fourth-order valence-corrected chi connectivity index (χ4v) is 14.4. The Morgan fingerprint density at radius 3 is 1.58 bits per heavy atom. The lowest BCUT2D eigenvalue weighted by Gasteiger charge is -2.35. The summed E-state index contributed by atoms with van der Waals surface area (Å²) in [5.74, 6) is 0. The fraction of sp³-hybridized carbons (Fsp3) is 0.0130. The second-order valence-electron chi connectivity index (χ2n) is 21.2. The molecule has 380 valence electrons. The van der Waals surface area contributed by atoms with Gasteiger partial charge in [-0.2, -0.15) is 0 Å². The molecule has 0 spiro atoms. The topological polar surface area (TPSA) is 11.4 Å². The molecule has 2 heterocycles. The lowest BCUT2D eigenvalue weighted by atomic mass is 9.67. The average molecular weight is 1050 g/mol. The van der Waals surface area contributed by atoms with Crippen LogP contribution in [-0.2, 0) is 5.41 Å². The van der Waals surface area contributed by atoms with E-state index >= 15 is 0 Å². The van der Waals surface area contributed by atoms with Crippen LogP contribution in [0.25, 0.3) is 80.7 Å². The number of benzene rings is 13. The number of fused-ring (bicyclic) bond motifs is 10. The van der Waals surface area contributed by atoms with Crippen molar-refractivity contribution in [2.24, 2.45) is 0 Å². The molecular weight excluding hydrogens is 999 g/mol. The van der Waals surface area contributed by atoms with Gasteiger partial charge in [0.05, 0.1) is 16.4 Å². The molecule has 0 N–H and O–H groups in total. The van der Waals surface area contributed by atoms with E-state index in [-0.39, 0.29) is 0 Å². The lowest BCUT2D eigenvalue weighted by molar-refractivity contribution is 0.768. The smallest absolute Gasteiger partial charge is 0.0714 e. The molecule has 0 radical (unpaired) electrons. The van der Waals surface area contributed by atoms with Crippen LogP contribution < -0.4 is 9.80 Å². The number of thiophene rings is 1. The predicted molar refractivity (Wildman–Crippen MR) is 343 cm³/mol. The van der Waals surface area contributed by atoms with E-state index in [1.165, 1.54) is 86.1 Å². The van der Waals surface area contributed by atoms with E-state index < -0.39 is 5.41 Å². The molecule has 0 saturated heterocycles. The molecule has 0 amide bonds. The fourth-order valence-electron chi connectivity index (χ4n) is 13.2. The van der Waals surface area contributed by atoms with Crippen molar-refractivity contribution < 1.29 is 0 Å². The third-order valence-electron chi connectivity index (χ3n) is 16.8. The average Bonchev–Trinajstić information content (AvgIpc) is 3.86. The molecule has 13 aromatic carbocycles. The molecule has 0 unspecified atom stereocenters. The van der Waals surface area contributed by atoms with Crippen molar-refractivity contribution in [2.45, 2.75) is 5.41 Å². The van der Waals surface area contributed by atoms with Crippen molar-refractivity contribution in [1.29, 1.82) is 0 Å². The maximum Gasteiger partial charge on any atom is 0.0714 e. The summed E-state index contributed by atoms with van der Waals surface area (Å²) in [6.45, 7) is 0. The monoisotopic (exact) mass is 1050 g/mol. The Balaban J connectivity index is 0.888. The molecule has 15 aromatic rings. The minimum atomic E-state index is -0.546. The highest BCUT2D eigenvalue weighted by atomic mass is 32.1. The highest BCUT2D eigenvalue weighted by Gasteiger charge is 2.46. The van der Waals surface area contributed by atoms with Gasteiger partial charge in [-0.15, -0.1) is 11.3 Å². The van der Waals surface area contributed by atoms with E-state index in [9.17, 15) is 0 Å². The Kier molecular flexibility index (Phi) is 11.0. The van der Waals surface area contributed by atoms with E-state index in [1.807, 2.05) is 11.3 Å². The number of aromatic nitrogens is 1. The van der Waals surface area contributed by atoms with Crippen LogP contribution in [0.1, 0.15) is 22.3 Å². The van der Waals surface area contributed by atoms with E-state index in [4.69, 9.17) is 0 Å². The number of hydrogen-bond acceptors (Lipinski definition) is 3. The van der Waals surface area contributed by atoms with Crippen LogP contribution in [0.3, 0.4) is 0 Å². The minimum Gasteiger partial charge on any atom is -0.310 e. The molecule has 3 nitrogen and oxygen atoms in total. The van der Waals surface area contributed by atoms with Gasteiger partial charge in [0.15, 0.2) is 0 Å². The molecule has 0 fully saturated rings. The number of hydrogen-bond donors (Lipinski definition) is 0. The summed E-state index contributed by atoms with van der Waals surface area (Å²) in [7, 11) is 0. The van der Waals surface area contributed by atoms with Crippen molar-refractivity contribution in [3.8, 4) is 27.9 Å². The lowest BCUT2D eigenvalue weighted by Crippen LogP contribution is -2.28. The van der Waals surface area contributed by atoms with E-state index in [0.717, 1.165) is 50.9 Å². The van der Waals surface area contributed by atoms with E-state index in [0.29, 0.717) is 0 Å². The predicted octanol–water partition coefficient (Wildman–Crippen LogP) is 21.3. The standard InChI is InChI=1S/C77H51N3S/c1-5-24-56(25-6-1)77(57-26-7-2-8-27-57)71-37-17-15-35-65(71)66-43-40-64(51-72(66)77)78(58-28-9-3-10-29-58)61-33-20-34-62(49-61)79(63-41-44-75-70(50-63)69-46-53-21-13-14-22-54(53)48-76(69)81-75)60-32-19-23-52(45-60)55-39-42-68-67-36-16-18-38-73(67)80(74(68)47-55)59-30-11-4-12-31-59/h1-51H. The molecule has 16 rings (SSSR count). The summed E-state index contributed by atoms with van der Waals surface area (Å²) in [6, 6.07) is 114. The van der Waals surface area contributed by atoms with Crippen molar-refractivity contribution in [3.05, 3.63) is 332 Å². The van der Waals surface area contributed by atoms with Gasteiger partial charge >= 0.3 is 0 Å². The van der Waals surface area contributed by atoms with Gasteiger partial charge in [0.25, 0.3) is 0 Å². The number of rotatable bonds is 10. The first kappa shape index (κ1) is 46.8. The van der Waals surface area contributed by atoms with Gasteiger partial charge in [-0.3, -0.25) is 0 Å². The molecular formula is C77H51N3S. The van der Waals surface area contributed by atoms with Gasteiger partial charge in [0.1, 0.15) is 0 Å². The number of para-hydroxylation sites is 3. The Morgan fingerprint density at radius 1 is 0.284 bits per heavy atom. The molecule has 2 aromatic heterocycles. The first-order valence-electron chi connectivity index (χ1n) is 27.8. The summed E-state index contributed by atoms with van der Waals surface area (Å²) in [4.78, 5) is 4.89. The van der Waals surface area contributed by atoms with Gasteiger partial charge < -0.3 is 14.4 Å². The second-order valence-corrected chi connectivity index (χ2v) is 22.3. The SMILES string of the molecule is c1ccc(N(c2cccc(N(c3cccc(-c4ccc5c6ccccc6n(-c6ccccc6)c5c4)c3)c3ccc4sc5cc6ccccc6cc5c4c3)c2)c2ccc3c(c2)C(c2ccccc2)(c2ccccc2)c2ccccc2-3)cc1. The van der Waals surface area contributed by atoms with Crippen molar-refractivity contribution in [3.63, 3.8) is 0 Å². The van der Waals surface area contributed by atoms with Gasteiger partial charge in [0, 0.05) is 70.8 Å². The molecule has 0 bridgehead atoms. The second kappa shape index (κ2) is 19.0. The molecule has 81 heavy (non-hydrogen) atoms. The minimum absolute atomic E-state index is 0.546. The normalized spacial score (nSPS) is 12.5. The summed E-state index contributed by atoms with van der Waals surface area (Å²) in [6.07, 6.45) is 0. The van der Waals surface area contributed by atoms with Crippen molar-refractivity contribution >= 4 is 98.2 Å². The van der Waals surface area contributed by atoms with E-state index in [1.54, 1.807) is 0 Å². The number of nitrogens with zero attached hydrogens (tertiary/aromatic N) is 3. The molecule has 1 aliphatic rings. The third-order valence-corrected chi connectivity index (χ3v) is 17.9. The largest absolute Gasteiger partial charge is 0.310 e. The van der Waals surface area contributed by atoms with Gasteiger partial charge in [-0.1, -0.05) is 200 Å². The highest BCUT2D eigenvalue weighted by molar-refractivity contribution is 7.25. The first-order chi connectivity index (χ1) is 40.2. The highest BCUT2D eigenvalue weighted by Crippen LogP contribution is 2.57. The molecule has 0 saturated carbocycles. The zero-order valence-electron chi connectivity index (χ0n) is 44.2. The summed E-state index contributed by atoms with van der Waals surface area (Å²) in [5.41, 5.74) is 19.2. The maximum absolute atomic E-state index is 2.46. The van der Waals surface area contributed by atoms with E-state index in [2.05, 4.69) is 324 Å². The van der Waals surface area contributed by atoms with Crippen LogP contribution >= 0.6 is 11.3 Å². The summed E-state index contributed by atoms with van der Waals surface area (Å²) < 4.78 is 4.96. The zero-order chi connectivity index (χ0) is 53.4. The zero-order valence-corrected chi connectivity index (χ0v) is 45.0. The molecule has 4 heteroatoms.